The first-order chi connectivity index (χ1) is 45.7. The standard InChI is InChI=1S/C75H130O17P2/c1-5-9-13-17-21-25-29-31-33-34-36-38-42-44-48-52-56-60-73(78)86-66-71(92-75(80)62-58-54-50-46-40-28-24-20-16-12-8-4)68-90-94(83,84)88-64-69(76)63-87-93(81,82)89-67-70(91-74(79)61-57-53-49-45-39-27-23-19-15-11-7-3)65-85-72(77)59-55-51-47-43-41-37-35-32-30-26-22-18-14-10-6-2/h9-10,13-14,20-22,24-26,31-33,35-36,38,69-71,76H,5-8,11-12,15-19,23,27-30,34,37,39-68H2,1-4H3,(H,81,82)(H,83,84)/b13-9-,14-10-,24-20-,25-21-,26-22-,33-31-,35-32-,38-36-. The molecule has 0 aliphatic rings. The number of carbonyl (C=O) groups is 4. The number of phosphoric acid groups is 2. The van der Waals surface area contributed by atoms with Crippen LogP contribution in [0.3, 0.4) is 0 Å². The Balaban J connectivity index is 5.32. The Bertz CT molecular complexity index is 2170. The molecular formula is C75H130O17P2. The van der Waals surface area contributed by atoms with Crippen molar-refractivity contribution in [2.75, 3.05) is 39.6 Å². The SMILES string of the molecule is CC/C=C\C/C=C\C/C=C\C/C=C\CCCCCCC(=O)OCC(COP(=O)(O)OCC(O)COP(=O)(O)OCC(COC(=O)CCCCCCC/C=C\C/C=C\C/C=C\CC)OC(=O)CCCCCCCCCCCCC)OC(=O)CCCCCCC/C=C\CCCC. The van der Waals surface area contributed by atoms with Crippen LogP contribution in [0.25, 0.3) is 0 Å². The van der Waals surface area contributed by atoms with E-state index >= 15 is 0 Å². The van der Waals surface area contributed by atoms with Crippen molar-refractivity contribution >= 4 is 39.5 Å². The molecule has 5 atom stereocenters. The van der Waals surface area contributed by atoms with E-state index in [-0.39, 0.29) is 25.7 Å². The molecule has 0 aliphatic carbocycles. The molecule has 0 radical (unpaired) electrons. The van der Waals surface area contributed by atoms with E-state index in [0.717, 1.165) is 167 Å². The Morgan fingerprint density at radius 2 is 0.564 bits per heavy atom. The molecule has 0 fully saturated rings. The number of ether oxygens (including phenoxy) is 4. The van der Waals surface area contributed by atoms with Gasteiger partial charge in [-0.3, -0.25) is 37.3 Å². The molecule has 17 nitrogen and oxygen atoms in total. The maximum atomic E-state index is 13.0. The average molecular weight is 1370 g/mol. The molecule has 3 N–H and O–H groups in total. The van der Waals surface area contributed by atoms with Crippen LogP contribution in [-0.2, 0) is 65.4 Å². The minimum atomic E-state index is -4.97. The number of phosphoric ester groups is 2. The number of aliphatic hydroxyl groups excluding tert-OH is 1. The van der Waals surface area contributed by atoms with Gasteiger partial charge in [0.1, 0.15) is 19.3 Å². The second-order valence-electron chi connectivity index (χ2n) is 24.1. The minimum Gasteiger partial charge on any atom is -0.462 e. The van der Waals surface area contributed by atoms with Gasteiger partial charge in [-0.1, -0.05) is 253 Å². The van der Waals surface area contributed by atoms with E-state index in [1.807, 2.05) is 0 Å². The van der Waals surface area contributed by atoms with E-state index in [0.29, 0.717) is 25.7 Å². The lowest BCUT2D eigenvalue weighted by Crippen LogP contribution is -2.30. The summed E-state index contributed by atoms with van der Waals surface area (Å²) in [7, 11) is -9.94. The predicted molar refractivity (Wildman–Crippen MR) is 381 cm³/mol. The summed E-state index contributed by atoms with van der Waals surface area (Å²) in [5, 5.41) is 10.6. The zero-order chi connectivity index (χ0) is 69.0. The maximum Gasteiger partial charge on any atom is 0.472 e. The number of hydrogen-bond acceptors (Lipinski definition) is 15. The second kappa shape index (κ2) is 67.5. The summed E-state index contributed by atoms with van der Waals surface area (Å²) in [5.74, 6) is -2.22. The molecule has 542 valence electrons. The zero-order valence-corrected chi connectivity index (χ0v) is 60.7. The lowest BCUT2D eigenvalue weighted by Gasteiger charge is -2.21. The number of hydrogen-bond donors (Lipinski definition) is 3. The lowest BCUT2D eigenvalue weighted by atomic mass is 10.1. The van der Waals surface area contributed by atoms with Crippen molar-refractivity contribution in [1.29, 1.82) is 0 Å². The molecule has 0 aromatic rings. The lowest BCUT2D eigenvalue weighted by molar-refractivity contribution is -0.161. The van der Waals surface area contributed by atoms with Gasteiger partial charge in [-0.15, -0.1) is 0 Å². The third kappa shape index (κ3) is 66.6. The first kappa shape index (κ1) is 90.0. The van der Waals surface area contributed by atoms with Gasteiger partial charge in [0, 0.05) is 25.7 Å². The van der Waals surface area contributed by atoms with E-state index in [2.05, 4.69) is 125 Å². The fourth-order valence-electron chi connectivity index (χ4n) is 9.50. The summed E-state index contributed by atoms with van der Waals surface area (Å²) >= 11 is 0. The monoisotopic (exact) mass is 1360 g/mol. The Hall–Kier alpha value is -4.02. The molecule has 19 heteroatoms. The number of rotatable bonds is 68. The quantitative estimate of drug-likeness (QED) is 0.0169. The van der Waals surface area contributed by atoms with E-state index in [1.54, 1.807) is 0 Å². The van der Waals surface area contributed by atoms with Gasteiger partial charge < -0.3 is 33.8 Å². The Kier molecular flexibility index (Phi) is 64.7. The van der Waals surface area contributed by atoms with Crippen molar-refractivity contribution in [3.05, 3.63) is 97.2 Å². The smallest absolute Gasteiger partial charge is 0.462 e. The minimum absolute atomic E-state index is 0.0786. The summed E-state index contributed by atoms with van der Waals surface area (Å²) in [5.41, 5.74) is 0. The molecule has 5 unspecified atom stereocenters. The summed E-state index contributed by atoms with van der Waals surface area (Å²) in [6.07, 6.45) is 68.4. The molecule has 0 heterocycles. The summed E-state index contributed by atoms with van der Waals surface area (Å²) < 4.78 is 68.2. The molecule has 0 aliphatic heterocycles. The van der Waals surface area contributed by atoms with Crippen LogP contribution in [0, 0.1) is 0 Å². The third-order valence-electron chi connectivity index (χ3n) is 15.0. The van der Waals surface area contributed by atoms with Gasteiger partial charge in [-0.05, 0) is 116 Å². The highest BCUT2D eigenvalue weighted by Crippen LogP contribution is 2.45. The van der Waals surface area contributed by atoms with E-state index in [1.165, 1.54) is 51.4 Å². The zero-order valence-electron chi connectivity index (χ0n) is 58.9. The van der Waals surface area contributed by atoms with Gasteiger partial charge in [0.15, 0.2) is 12.2 Å². The molecule has 0 amide bonds. The van der Waals surface area contributed by atoms with Gasteiger partial charge in [0.05, 0.1) is 26.4 Å². The van der Waals surface area contributed by atoms with Crippen LogP contribution in [0.15, 0.2) is 97.2 Å². The van der Waals surface area contributed by atoms with E-state index < -0.39 is 97.5 Å². The molecule has 0 bridgehead atoms. The van der Waals surface area contributed by atoms with Crippen LogP contribution in [0.5, 0.6) is 0 Å². The van der Waals surface area contributed by atoms with Crippen LogP contribution in [0.2, 0.25) is 0 Å². The third-order valence-corrected chi connectivity index (χ3v) is 16.9. The van der Waals surface area contributed by atoms with Crippen LogP contribution in [0.4, 0.5) is 0 Å². The Morgan fingerprint density at radius 1 is 0.309 bits per heavy atom. The van der Waals surface area contributed by atoms with Crippen molar-refractivity contribution in [2.24, 2.45) is 0 Å². The van der Waals surface area contributed by atoms with E-state index in [4.69, 9.17) is 37.0 Å². The van der Waals surface area contributed by atoms with Crippen molar-refractivity contribution in [2.45, 2.75) is 316 Å². The van der Waals surface area contributed by atoms with Crippen LogP contribution in [0.1, 0.15) is 297 Å². The topological polar surface area (TPSA) is 237 Å². The molecule has 0 saturated carbocycles. The number of esters is 4. The van der Waals surface area contributed by atoms with Crippen molar-refractivity contribution in [3.63, 3.8) is 0 Å². The van der Waals surface area contributed by atoms with Gasteiger partial charge in [-0.2, -0.15) is 0 Å². The Labute approximate surface area is 569 Å². The first-order valence-corrected chi connectivity index (χ1v) is 39.5. The predicted octanol–water partition coefficient (Wildman–Crippen LogP) is 20.4. The van der Waals surface area contributed by atoms with Crippen LogP contribution in [-0.4, -0.2) is 96.7 Å². The largest absolute Gasteiger partial charge is 0.472 e. The van der Waals surface area contributed by atoms with Gasteiger partial charge >= 0.3 is 39.5 Å². The summed E-state index contributed by atoms with van der Waals surface area (Å²) in [6.45, 7) is 4.54. The van der Waals surface area contributed by atoms with Gasteiger partial charge in [0.2, 0.25) is 0 Å². The second-order valence-corrected chi connectivity index (χ2v) is 27.0. The Morgan fingerprint density at radius 3 is 0.894 bits per heavy atom. The van der Waals surface area contributed by atoms with E-state index in [9.17, 15) is 43.2 Å². The van der Waals surface area contributed by atoms with Gasteiger partial charge in [0.25, 0.3) is 0 Å². The molecule has 0 rings (SSSR count). The summed E-state index contributed by atoms with van der Waals surface area (Å²) in [4.78, 5) is 72.6. The highest BCUT2D eigenvalue weighted by Gasteiger charge is 2.30. The fourth-order valence-corrected chi connectivity index (χ4v) is 11.1. The molecule has 0 saturated heterocycles. The number of carbonyl (C=O) groups excluding carboxylic acids is 4. The van der Waals surface area contributed by atoms with Crippen molar-refractivity contribution in [1.82, 2.24) is 0 Å². The van der Waals surface area contributed by atoms with Crippen LogP contribution < -0.4 is 0 Å². The normalized spacial score (nSPS) is 14.6. The van der Waals surface area contributed by atoms with Gasteiger partial charge in [-0.25, -0.2) is 9.13 Å². The number of unbranched alkanes of at least 4 members (excludes halogenated alkanes) is 26. The molecule has 94 heavy (non-hydrogen) atoms. The maximum absolute atomic E-state index is 13.0. The molecular weight excluding hydrogens is 1230 g/mol. The highest BCUT2D eigenvalue weighted by molar-refractivity contribution is 7.47. The molecule has 0 spiro atoms. The average Bonchev–Trinajstić information content (AvgIpc) is 1.32. The fraction of sp³-hybridized carbons (Fsp3) is 0.733. The van der Waals surface area contributed by atoms with Crippen LogP contribution >= 0.6 is 15.6 Å². The first-order valence-electron chi connectivity index (χ1n) is 36.5. The number of allylic oxidation sites excluding steroid dienone is 16. The number of aliphatic hydroxyl groups is 1. The molecule has 0 aromatic carbocycles. The molecule has 0 aromatic heterocycles. The highest BCUT2D eigenvalue weighted by atomic mass is 31.2. The van der Waals surface area contributed by atoms with Crippen molar-refractivity contribution < 1.29 is 80.2 Å². The summed E-state index contributed by atoms with van der Waals surface area (Å²) in [6, 6.07) is 0. The van der Waals surface area contributed by atoms with Crippen molar-refractivity contribution in [3.8, 4) is 0 Å².